The van der Waals surface area contributed by atoms with E-state index in [2.05, 4.69) is 56.4 Å². The van der Waals surface area contributed by atoms with E-state index in [9.17, 15) is 48.3 Å². The van der Waals surface area contributed by atoms with Gasteiger partial charge in [-0.05, 0) is 107 Å². The van der Waals surface area contributed by atoms with Crippen LogP contribution in [0.25, 0.3) is 0 Å². The summed E-state index contributed by atoms with van der Waals surface area (Å²) < 4.78 is 0. The van der Waals surface area contributed by atoms with Gasteiger partial charge in [0, 0.05) is 12.8 Å². The molecule has 0 aliphatic heterocycles. The summed E-state index contributed by atoms with van der Waals surface area (Å²) in [6, 6.07) is -1.23. The highest BCUT2D eigenvalue weighted by Gasteiger charge is 2.35. The number of amides is 8. The molecule has 1 aromatic rings. The molecule has 0 saturated carbocycles. The molecule has 23 nitrogen and oxygen atoms in total. The summed E-state index contributed by atoms with van der Waals surface area (Å²) >= 11 is 0. The molecule has 19 N–H and O–H groups in total. The number of carboxylic acids is 1. The molecule has 0 bridgehead atoms. The standard InChI is InChI=1S/C51H91N13O10/c1-7-8-10-13-33(6)16-17-43(65)57-35(18-23-52)44(66)58-36(19-24-53)45(67)59-38(21-26-55)47(69)62-40(28-31(2)3)49(71)63-41(30-34-14-11-9-12-15-34)50(72)61-37(20-25-54)46(68)60-39(22-27-56)48(70)64-42(51(73)74)29-32(4)5/h9,11-12,14-15,31-33,35-42H,7-8,10,13,16-30,52-56H2,1-6H3,(H,57,65)(H,58,66)(H,59,67)(H,60,68)(H,61,72)(H,62,69)(H,63,71)(H,64,70)(H,73,74)/t33?,35-,36+,37+,38+,39+,40+,41-,42+/m1/s1. The van der Waals surface area contributed by atoms with Crippen LogP contribution in [0.1, 0.15) is 131 Å². The minimum absolute atomic E-state index is 0.0263. The Morgan fingerprint density at radius 1 is 0.432 bits per heavy atom. The van der Waals surface area contributed by atoms with Gasteiger partial charge < -0.3 is 76.3 Å². The molecule has 9 atom stereocenters. The second-order valence-corrected chi connectivity index (χ2v) is 19.9. The topological polar surface area (TPSA) is 400 Å². The molecule has 0 saturated heterocycles. The number of unbranched alkanes of at least 4 members (excludes halogenated alkanes) is 2. The SMILES string of the molecule is CCCCCC(C)CCC(=O)N[C@H](CCN)C(=O)N[C@@H](CCN)C(=O)N[C@@H](CCN)C(=O)N[C@@H](CC(C)C)C(=O)N[C@H](Cc1ccccc1)C(=O)N[C@@H](CCN)C(=O)N[C@@H](CCN)C(=O)N[C@@H](CC(C)C)C(=O)O. The maximum absolute atomic E-state index is 14.3. The number of rotatable bonds is 39. The van der Waals surface area contributed by atoms with E-state index in [1.807, 2.05) is 13.8 Å². The molecule has 1 unspecified atom stereocenters. The summed E-state index contributed by atoms with van der Waals surface area (Å²) in [5, 5.41) is 30.9. The quantitative estimate of drug-likeness (QED) is 0.0353. The molecule has 0 heterocycles. The van der Waals surface area contributed by atoms with Gasteiger partial charge in [0.1, 0.15) is 48.3 Å². The minimum atomic E-state index is -1.33. The first kappa shape index (κ1) is 66.3. The Kier molecular flexibility index (Phi) is 33.2. The number of carbonyl (C=O) groups is 9. The van der Waals surface area contributed by atoms with Gasteiger partial charge >= 0.3 is 5.97 Å². The fourth-order valence-electron chi connectivity index (χ4n) is 8.07. The molecule has 0 aliphatic carbocycles. The summed E-state index contributed by atoms with van der Waals surface area (Å²) in [7, 11) is 0. The van der Waals surface area contributed by atoms with E-state index in [0.29, 0.717) is 17.9 Å². The van der Waals surface area contributed by atoms with Crippen LogP contribution in [0.2, 0.25) is 0 Å². The Labute approximate surface area is 437 Å². The van der Waals surface area contributed by atoms with Gasteiger partial charge in [0.15, 0.2) is 0 Å². The number of carbonyl (C=O) groups excluding carboxylic acids is 8. The van der Waals surface area contributed by atoms with E-state index in [4.69, 9.17) is 28.7 Å². The average molecular weight is 1050 g/mol. The highest BCUT2D eigenvalue weighted by Crippen LogP contribution is 2.15. The largest absolute Gasteiger partial charge is 0.480 e. The van der Waals surface area contributed by atoms with Crippen LogP contribution < -0.4 is 71.2 Å². The first-order valence-corrected chi connectivity index (χ1v) is 26.3. The van der Waals surface area contributed by atoms with E-state index in [1.54, 1.807) is 44.2 Å². The van der Waals surface area contributed by atoms with Crippen molar-refractivity contribution in [1.29, 1.82) is 0 Å². The molecule has 0 aromatic heterocycles. The van der Waals surface area contributed by atoms with Crippen LogP contribution in [0.5, 0.6) is 0 Å². The molecule has 1 aromatic carbocycles. The lowest BCUT2D eigenvalue weighted by Gasteiger charge is -2.28. The molecule has 0 aliphatic rings. The number of aliphatic carboxylic acids is 1. The first-order valence-electron chi connectivity index (χ1n) is 26.3. The van der Waals surface area contributed by atoms with Gasteiger partial charge in [-0.1, -0.05) is 97.6 Å². The van der Waals surface area contributed by atoms with E-state index in [-0.39, 0.29) is 108 Å². The van der Waals surface area contributed by atoms with Crippen LogP contribution >= 0.6 is 0 Å². The zero-order valence-electron chi connectivity index (χ0n) is 44.7. The Morgan fingerprint density at radius 3 is 1.15 bits per heavy atom. The predicted molar refractivity (Wildman–Crippen MR) is 283 cm³/mol. The van der Waals surface area contributed by atoms with Gasteiger partial charge in [0.05, 0.1) is 0 Å². The minimum Gasteiger partial charge on any atom is -0.480 e. The average Bonchev–Trinajstić information content (AvgIpc) is 3.34. The van der Waals surface area contributed by atoms with E-state index < -0.39 is 95.7 Å². The Hall–Kier alpha value is -5.75. The van der Waals surface area contributed by atoms with E-state index >= 15 is 0 Å². The smallest absolute Gasteiger partial charge is 0.326 e. The number of benzene rings is 1. The first-order chi connectivity index (χ1) is 35.1. The van der Waals surface area contributed by atoms with Crippen LogP contribution in [-0.4, -0.2) is 139 Å². The summed E-state index contributed by atoms with van der Waals surface area (Å²) in [6.07, 6.45) is 5.15. The molecular formula is C51H91N13O10. The van der Waals surface area contributed by atoms with Crippen LogP contribution in [0, 0.1) is 17.8 Å². The van der Waals surface area contributed by atoms with Crippen LogP contribution in [0.15, 0.2) is 30.3 Å². The lowest BCUT2D eigenvalue weighted by atomic mass is 9.98. The van der Waals surface area contributed by atoms with Crippen molar-refractivity contribution in [3.63, 3.8) is 0 Å². The third kappa shape index (κ3) is 26.5. The third-order valence-corrected chi connectivity index (χ3v) is 12.2. The fourth-order valence-corrected chi connectivity index (χ4v) is 8.07. The zero-order chi connectivity index (χ0) is 55.8. The van der Waals surface area contributed by atoms with Crippen molar-refractivity contribution in [1.82, 2.24) is 42.5 Å². The monoisotopic (exact) mass is 1050 g/mol. The number of hydrogen-bond donors (Lipinski definition) is 14. The summed E-state index contributed by atoms with van der Waals surface area (Å²) in [4.78, 5) is 122. The highest BCUT2D eigenvalue weighted by atomic mass is 16.4. The molecule has 0 spiro atoms. The molecule has 0 radical (unpaired) electrons. The number of nitrogens with two attached hydrogens (primary N) is 5. The lowest BCUT2D eigenvalue weighted by Crippen LogP contribution is -2.61. The van der Waals surface area contributed by atoms with Crippen molar-refractivity contribution < 1.29 is 48.3 Å². The van der Waals surface area contributed by atoms with Crippen molar-refractivity contribution in [3.8, 4) is 0 Å². The number of hydrogen-bond acceptors (Lipinski definition) is 14. The van der Waals surface area contributed by atoms with Crippen molar-refractivity contribution in [2.45, 2.75) is 180 Å². The van der Waals surface area contributed by atoms with Crippen LogP contribution in [-0.2, 0) is 49.6 Å². The van der Waals surface area contributed by atoms with Gasteiger partial charge in [-0.15, -0.1) is 0 Å². The van der Waals surface area contributed by atoms with Gasteiger partial charge in [0.25, 0.3) is 0 Å². The van der Waals surface area contributed by atoms with Crippen LogP contribution in [0.4, 0.5) is 0 Å². The van der Waals surface area contributed by atoms with Crippen LogP contribution in [0.3, 0.4) is 0 Å². The lowest BCUT2D eigenvalue weighted by molar-refractivity contribution is -0.143. The number of carboxylic acid groups (broad SMARTS) is 1. The van der Waals surface area contributed by atoms with Crippen molar-refractivity contribution in [2.75, 3.05) is 32.7 Å². The molecule has 23 heteroatoms. The highest BCUT2D eigenvalue weighted by molar-refractivity contribution is 5.98. The van der Waals surface area contributed by atoms with E-state index in [0.717, 1.165) is 25.7 Å². The van der Waals surface area contributed by atoms with Gasteiger partial charge in [-0.25, -0.2) is 4.79 Å². The predicted octanol–water partition coefficient (Wildman–Crippen LogP) is -0.975. The van der Waals surface area contributed by atoms with Gasteiger partial charge in [-0.3, -0.25) is 38.4 Å². The second-order valence-electron chi connectivity index (χ2n) is 19.9. The Bertz CT molecular complexity index is 1890. The van der Waals surface area contributed by atoms with Crippen molar-refractivity contribution in [3.05, 3.63) is 35.9 Å². The molecule has 74 heavy (non-hydrogen) atoms. The van der Waals surface area contributed by atoms with E-state index in [1.165, 1.54) is 0 Å². The summed E-state index contributed by atoms with van der Waals surface area (Å²) in [5.41, 5.74) is 29.8. The Morgan fingerprint density at radius 2 is 0.770 bits per heavy atom. The summed E-state index contributed by atoms with van der Waals surface area (Å²) in [6.45, 7) is 11.3. The molecule has 1 rings (SSSR count). The van der Waals surface area contributed by atoms with Crippen molar-refractivity contribution >= 4 is 53.2 Å². The van der Waals surface area contributed by atoms with Crippen molar-refractivity contribution in [2.24, 2.45) is 46.4 Å². The third-order valence-electron chi connectivity index (χ3n) is 12.2. The summed E-state index contributed by atoms with van der Waals surface area (Å²) in [5.74, 6) is -6.83. The van der Waals surface area contributed by atoms with Gasteiger partial charge in [0.2, 0.25) is 47.3 Å². The molecule has 0 fully saturated rings. The molecule has 8 amide bonds. The zero-order valence-corrected chi connectivity index (χ0v) is 44.7. The maximum Gasteiger partial charge on any atom is 0.326 e. The maximum atomic E-state index is 14.3. The number of nitrogens with one attached hydrogen (secondary N) is 8. The normalized spacial score (nSPS) is 14.9. The second kappa shape index (κ2) is 37.1. The van der Waals surface area contributed by atoms with Gasteiger partial charge in [-0.2, -0.15) is 0 Å². The molecular weight excluding hydrogens is 955 g/mol. The molecule has 420 valence electrons. The Balaban J connectivity index is 3.35. The fraction of sp³-hybridized carbons (Fsp3) is 0.706.